The Morgan fingerprint density at radius 2 is 2.14 bits per heavy atom. The lowest BCUT2D eigenvalue weighted by molar-refractivity contribution is 0.0486. The molecule has 1 amide bonds. The smallest absolute Gasteiger partial charge is 0.254 e. The average Bonchev–Trinajstić information content (AvgIpc) is 3.27. The van der Waals surface area contributed by atoms with Gasteiger partial charge < -0.3 is 14.5 Å². The first kappa shape index (κ1) is 20.5. The normalized spacial score (nSPS) is 15.3. The number of hydrogen-bond donors (Lipinski definition) is 0. The van der Waals surface area contributed by atoms with Crippen LogP contribution in [0.4, 0.5) is 0 Å². The Morgan fingerprint density at radius 3 is 2.82 bits per heavy atom. The van der Waals surface area contributed by atoms with E-state index < -0.39 is 0 Å². The Labute approximate surface area is 171 Å². The SMILES string of the molecule is COCCN(C(=O)c1cccc(C#N)c1)C1CCN(CCc2cccs2)CC1. The first-order valence-electron chi connectivity index (χ1n) is 9.76. The van der Waals surface area contributed by atoms with Crippen molar-refractivity contribution >= 4 is 17.2 Å². The molecule has 0 spiro atoms. The molecule has 2 heterocycles. The third-order valence-corrected chi connectivity index (χ3v) is 6.22. The molecular weight excluding hydrogens is 370 g/mol. The summed E-state index contributed by atoms with van der Waals surface area (Å²) in [6.45, 7) is 4.17. The third kappa shape index (κ3) is 5.41. The summed E-state index contributed by atoms with van der Waals surface area (Å²) in [5, 5.41) is 11.2. The quantitative estimate of drug-likeness (QED) is 0.685. The molecule has 28 heavy (non-hydrogen) atoms. The van der Waals surface area contributed by atoms with Gasteiger partial charge in [0.25, 0.3) is 5.91 Å². The number of benzene rings is 1. The van der Waals surface area contributed by atoms with Crippen molar-refractivity contribution in [2.24, 2.45) is 0 Å². The molecule has 1 aromatic carbocycles. The number of carbonyl (C=O) groups is 1. The summed E-state index contributed by atoms with van der Waals surface area (Å²) in [4.78, 5) is 19.0. The van der Waals surface area contributed by atoms with E-state index >= 15 is 0 Å². The lowest BCUT2D eigenvalue weighted by atomic mass is 10.0. The van der Waals surface area contributed by atoms with E-state index in [-0.39, 0.29) is 11.9 Å². The van der Waals surface area contributed by atoms with Crippen LogP contribution in [0.25, 0.3) is 0 Å². The van der Waals surface area contributed by atoms with E-state index in [4.69, 9.17) is 10.00 Å². The van der Waals surface area contributed by atoms with Crippen molar-refractivity contribution in [3.05, 3.63) is 57.8 Å². The molecule has 0 saturated carbocycles. The molecular formula is C22H27N3O2S. The number of methoxy groups -OCH3 is 1. The van der Waals surface area contributed by atoms with Crippen LogP contribution in [0.3, 0.4) is 0 Å². The van der Waals surface area contributed by atoms with Gasteiger partial charge >= 0.3 is 0 Å². The molecule has 6 heteroatoms. The van der Waals surface area contributed by atoms with Crippen molar-refractivity contribution in [1.82, 2.24) is 9.80 Å². The molecule has 0 N–H and O–H groups in total. The van der Waals surface area contributed by atoms with Crippen LogP contribution < -0.4 is 0 Å². The molecule has 0 radical (unpaired) electrons. The summed E-state index contributed by atoms with van der Waals surface area (Å²) in [5.41, 5.74) is 1.09. The molecule has 148 valence electrons. The third-order valence-electron chi connectivity index (χ3n) is 5.29. The second kappa shape index (κ2) is 10.4. The highest BCUT2D eigenvalue weighted by Crippen LogP contribution is 2.20. The molecule has 2 aromatic rings. The van der Waals surface area contributed by atoms with Gasteiger partial charge in [-0.3, -0.25) is 4.79 Å². The zero-order valence-corrected chi connectivity index (χ0v) is 17.2. The number of amides is 1. The van der Waals surface area contributed by atoms with Crippen LogP contribution in [-0.2, 0) is 11.2 Å². The van der Waals surface area contributed by atoms with Crippen molar-refractivity contribution in [3.63, 3.8) is 0 Å². The van der Waals surface area contributed by atoms with Crippen molar-refractivity contribution in [1.29, 1.82) is 5.26 Å². The fourth-order valence-corrected chi connectivity index (χ4v) is 4.40. The first-order chi connectivity index (χ1) is 13.7. The van der Waals surface area contributed by atoms with Crippen LogP contribution in [0, 0.1) is 11.3 Å². The maximum Gasteiger partial charge on any atom is 0.254 e. The minimum absolute atomic E-state index is 0.00816. The Kier molecular flexibility index (Phi) is 7.61. The highest BCUT2D eigenvalue weighted by atomic mass is 32.1. The molecule has 3 rings (SSSR count). The first-order valence-corrected chi connectivity index (χ1v) is 10.6. The number of thiophene rings is 1. The van der Waals surface area contributed by atoms with Gasteiger partial charge in [-0.1, -0.05) is 12.1 Å². The number of nitriles is 1. The number of likely N-dealkylation sites (tertiary alicyclic amines) is 1. The summed E-state index contributed by atoms with van der Waals surface area (Å²) in [7, 11) is 1.66. The van der Waals surface area contributed by atoms with E-state index in [0.29, 0.717) is 24.3 Å². The van der Waals surface area contributed by atoms with Gasteiger partial charge in [-0.2, -0.15) is 5.26 Å². The van der Waals surface area contributed by atoms with E-state index in [0.717, 1.165) is 38.9 Å². The number of nitrogens with zero attached hydrogens (tertiary/aromatic N) is 3. The average molecular weight is 398 g/mol. The number of carbonyl (C=O) groups excluding carboxylic acids is 1. The van der Waals surface area contributed by atoms with Gasteiger partial charge in [0.1, 0.15) is 0 Å². The molecule has 0 atom stereocenters. The minimum Gasteiger partial charge on any atom is -0.383 e. The second-order valence-corrected chi connectivity index (χ2v) is 8.12. The fourth-order valence-electron chi connectivity index (χ4n) is 3.70. The van der Waals surface area contributed by atoms with Gasteiger partial charge in [-0.15, -0.1) is 11.3 Å². The van der Waals surface area contributed by atoms with Gasteiger partial charge in [0, 0.05) is 49.8 Å². The zero-order chi connectivity index (χ0) is 19.8. The summed E-state index contributed by atoms with van der Waals surface area (Å²) >= 11 is 1.81. The molecule has 0 unspecified atom stereocenters. The lowest BCUT2D eigenvalue weighted by Gasteiger charge is -2.38. The van der Waals surface area contributed by atoms with Gasteiger partial charge in [0.2, 0.25) is 0 Å². The van der Waals surface area contributed by atoms with E-state index in [9.17, 15) is 4.79 Å². The van der Waals surface area contributed by atoms with Gasteiger partial charge in [-0.25, -0.2) is 0 Å². The Hall–Kier alpha value is -2.20. The number of piperidine rings is 1. The summed E-state index contributed by atoms with van der Waals surface area (Å²) in [6.07, 6.45) is 3.03. The van der Waals surface area contributed by atoms with E-state index in [2.05, 4.69) is 28.5 Å². The van der Waals surface area contributed by atoms with Crippen LogP contribution >= 0.6 is 11.3 Å². The maximum atomic E-state index is 13.1. The van der Waals surface area contributed by atoms with Gasteiger partial charge in [-0.05, 0) is 48.9 Å². The molecule has 1 aromatic heterocycles. The molecule has 1 aliphatic heterocycles. The predicted octanol–water partition coefficient (Wildman–Crippen LogP) is 3.42. The molecule has 1 fully saturated rings. The molecule has 0 aliphatic carbocycles. The van der Waals surface area contributed by atoms with Crippen LogP contribution in [0.2, 0.25) is 0 Å². The molecule has 1 aliphatic rings. The predicted molar refractivity (Wildman–Crippen MR) is 112 cm³/mol. The Balaban J connectivity index is 1.60. The molecule has 5 nitrogen and oxygen atoms in total. The van der Waals surface area contributed by atoms with E-state index in [1.54, 1.807) is 31.4 Å². The van der Waals surface area contributed by atoms with Crippen LogP contribution in [0.15, 0.2) is 41.8 Å². The van der Waals surface area contributed by atoms with Gasteiger partial charge in [0.05, 0.1) is 18.2 Å². The number of hydrogen-bond acceptors (Lipinski definition) is 5. The van der Waals surface area contributed by atoms with Crippen molar-refractivity contribution in [3.8, 4) is 6.07 Å². The maximum absolute atomic E-state index is 13.1. The number of rotatable bonds is 8. The zero-order valence-electron chi connectivity index (χ0n) is 16.3. The summed E-state index contributed by atoms with van der Waals surface area (Å²) in [5.74, 6) is -0.00816. The number of ether oxygens (including phenoxy) is 1. The van der Waals surface area contributed by atoms with Crippen LogP contribution in [0.1, 0.15) is 33.6 Å². The minimum atomic E-state index is -0.00816. The van der Waals surface area contributed by atoms with Crippen molar-refractivity contribution in [2.75, 3.05) is 39.9 Å². The van der Waals surface area contributed by atoms with Crippen molar-refractivity contribution in [2.45, 2.75) is 25.3 Å². The largest absolute Gasteiger partial charge is 0.383 e. The van der Waals surface area contributed by atoms with Gasteiger partial charge in [0.15, 0.2) is 0 Å². The standard InChI is InChI=1S/C22H27N3O2S/c1-27-14-13-25(22(26)19-5-2-4-18(16-19)17-23)20-7-10-24(11-8-20)12-9-21-6-3-15-28-21/h2-6,15-16,20H,7-14H2,1H3. The monoisotopic (exact) mass is 397 g/mol. The molecule has 0 bridgehead atoms. The highest BCUT2D eigenvalue weighted by Gasteiger charge is 2.28. The topological polar surface area (TPSA) is 56.6 Å². The lowest BCUT2D eigenvalue weighted by Crippen LogP contribution is -2.48. The summed E-state index contributed by atoms with van der Waals surface area (Å²) < 4.78 is 5.24. The van der Waals surface area contributed by atoms with Crippen LogP contribution in [0.5, 0.6) is 0 Å². The second-order valence-electron chi connectivity index (χ2n) is 7.09. The van der Waals surface area contributed by atoms with Crippen LogP contribution in [-0.4, -0.2) is 61.6 Å². The Morgan fingerprint density at radius 1 is 1.32 bits per heavy atom. The fraction of sp³-hybridized carbons (Fsp3) is 0.455. The summed E-state index contributed by atoms with van der Waals surface area (Å²) in [6, 6.07) is 13.6. The van der Waals surface area contributed by atoms with E-state index in [1.165, 1.54) is 4.88 Å². The molecule has 1 saturated heterocycles. The Bertz CT molecular complexity index is 792. The van der Waals surface area contributed by atoms with Crippen molar-refractivity contribution < 1.29 is 9.53 Å². The van der Waals surface area contributed by atoms with E-state index in [1.807, 2.05) is 16.2 Å². The highest BCUT2D eigenvalue weighted by molar-refractivity contribution is 7.09.